The van der Waals surface area contributed by atoms with Gasteiger partial charge in [0, 0.05) is 41.8 Å². The summed E-state index contributed by atoms with van der Waals surface area (Å²) >= 11 is 7.45. The maximum Gasteiger partial charge on any atom is 0.233 e. The molecule has 1 unspecified atom stereocenters. The van der Waals surface area contributed by atoms with Crippen molar-refractivity contribution in [1.82, 2.24) is 24.6 Å². The van der Waals surface area contributed by atoms with Crippen LogP contribution in [0.5, 0.6) is 0 Å². The number of nitrogens with zero attached hydrogens (tertiary/aromatic N) is 5. The van der Waals surface area contributed by atoms with E-state index in [2.05, 4.69) is 36.0 Å². The van der Waals surface area contributed by atoms with Gasteiger partial charge >= 0.3 is 0 Å². The van der Waals surface area contributed by atoms with Crippen molar-refractivity contribution in [2.75, 3.05) is 12.8 Å². The molecule has 0 aliphatic heterocycles. The van der Waals surface area contributed by atoms with E-state index in [1.54, 1.807) is 12.4 Å². The van der Waals surface area contributed by atoms with Crippen molar-refractivity contribution < 1.29 is 4.79 Å². The van der Waals surface area contributed by atoms with Crippen molar-refractivity contribution in [1.29, 1.82) is 0 Å². The van der Waals surface area contributed by atoms with Crippen LogP contribution in [-0.2, 0) is 4.79 Å². The van der Waals surface area contributed by atoms with Crippen molar-refractivity contribution in [3.8, 4) is 17.1 Å². The van der Waals surface area contributed by atoms with Gasteiger partial charge in [0.15, 0.2) is 11.0 Å². The Kier molecular flexibility index (Phi) is 7.50. The van der Waals surface area contributed by atoms with Crippen molar-refractivity contribution in [3.05, 3.63) is 53.8 Å². The molecule has 0 bridgehead atoms. The fourth-order valence-corrected chi connectivity index (χ4v) is 4.19. The molecule has 0 N–H and O–H groups in total. The minimum atomic E-state index is 0.0734. The highest BCUT2D eigenvalue weighted by Gasteiger charge is 2.20. The first-order valence-electron chi connectivity index (χ1n) is 9.87. The number of amides is 1. The number of rotatable bonds is 8. The van der Waals surface area contributed by atoms with E-state index < -0.39 is 0 Å². The molecule has 2 heterocycles. The van der Waals surface area contributed by atoms with E-state index in [4.69, 9.17) is 11.6 Å². The van der Waals surface area contributed by atoms with Gasteiger partial charge in [-0.25, -0.2) is 0 Å². The van der Waals surface area contributed by atoms with Gasteiger partial charge in [-0.15, -0.1) is 10.2 Å². The Hall–Kier alpha value is -2.38. The van der Waals surface area contributed by atoms with Gasteiger partial charge in [-0.2, -0.15) is 0 Å². The molecule has 158 valence electrons. The summed E-state index contributed by atoms with van der Waals surface area (Å²) in [6, 6.07) is 11.5. The summed E-state index contributed by atoms with van der Waals surface area (Å²) in [4.78, 5) is 18.6. The van der Waals surface area contributed by atoms with E-state index in [0.717, 1.165) is 17.7 Å². The summed E-state index contributed by atoms with van der Waals surface area (Å²) in [7, 11) is 1.86. The standard InChI is InChI=1S/C22H26ClN5OS/c1-15(2)13-16(3)27(4)20(29)14-30-22-26-25-21(17-9-11-24-12-10-17)28(22)19-7-5-18(23)6-8-19/h5-12,15-16H,13-14H2,1-4H3. The average Bonchev–Trinajstić information content (AvgIpc) is 3.16. The summed E-state index contributed by atoms with van der Waals surface area (Å²) < 4.78 is 1.95. The number of carbonyl (C=O) groups excluding carboxylic acids is 1. The molecule has 2 aromatic heterocycles. The zero-order valence-corrected chi connectivity index (χ0v) is 19.2. The van der Waals surface area contributed by atoms with Crippen LogP contribution in [0.4, 0.5) is 0 Å². The quantitative estimate of drug-likeness (QED) is 0.460. The molecule has 3 aromatic rings. The van der Waals surface area contributed by atoms with E-state index in [0.29, 0.717) is 27.7 Å². The Labute approximate surface area is 186 Å². The lowest BCUT2D eigenvalue weighted by atomic mass is 10.0. The van der Waals surface area contributed by atoms with Crippen LogP contribution in [0.1, 0.15) is 27.2 Å². The number of benzene rings is 1. The largest absolute Gasteiger partial charge is 0.342 e. The van der Waals surface area contributed by atoms with Crippen LogP contribution in [0.3, 0.4) is 0 Å². The topological polar surface area (TPSA) is 63.9 Å². The fraction of sp³-hybridized carbons (Fsp3) is 0.364. The molecule has 8 heteroatoms. The van der Waals surface area contributed by atoms with Crippen LogP contribution in [-0.4, -0.2) is 49.4 Å². The van der Waals surface area contributed by atoms with Crippen LogP contribution in [0.2, 0.25) is 5.02 Å². The monoisotopic (exact) mass is 443 g/mol. The Morgan fingerprint density at radius 2 is 1.77 bits per heavy atom. The van der Waals surface area contributed by atoms with Crippen molar-refractivity contribution in [2.45, 2.75) is 38.4 Å². The van der Waals surface area contributed by atoms with Gasteiger partial charge < -0.3 is 4.90 Å². The maximum absolute atomic E-state index is 12.7. The molecule has 0 fully saturated rings. The van der Waals surface area contributed by atoms with Gasteiger partial charge in [0.25, 0.3) is 0 Å². The first-order valence-corrected chi connectivity index (χ1v) is 11.2. The molecule has 1 amide bonds. The number of hydrogen-bond acceptors (Lipinski definition) is 5. The number of aromatic nitrogens is 4. The van der Waals surface area contributed by atoms with E-state index in [1.807, 2.05) is 52.9 Å². The van der Waals surface area contributed by atoms with Crippen LogP contribution < -0.4 is 0 Å². The summed E-state index contributed by atoms with van der Waals surface area (Å²) in [5.74, 6) is 1.60. The van der Waals surface area contributed by atoms with Gasteiger partial charge in [-0.05, 0) is 55.7 Å². The van der Waals surface area contributed by atoms with Crippen molar-refractivity contribution in [3.63, 3.8) is 0 Å². The third-order valence-electron chi connectivity index (χ3n) is 4.85. The minimum absolute atomic E-state index is 0.0734. The maximum atomic E-state index is 12.7. The molecule has 0 radical (unpaired) electrons. The fourth-order valence-electron chi connectivity index (χ4n) is 3.19. The normalized spacial score (nSPS) is 12.2. The Morgan fingerprint density at radius 3 is 2.40 bits per heavy atom. The lowest BCUT2D eigenvalue weighted by Gasteiger charge is -2.26. The predicted molar refractivity (Wildman–Crippen MR) is 122 cm³/mol. The summed E-state index contributed by atoms with van der Waals surface area (Å²) in [6.07, 6.45) is 4.41. The molecule has 3 rings (SSSR count). The Balaban J connectivity index is 1.85. The molecule has 0 saturated heterocycles. The first-order chi connectivity index (χ1) is 14.4. The second-order valence-corrected chi connectivity index (χ2v) is 9.00. The van der Waals surface area contributed by atoms with Gasteiger partial charge in [0.2, 0.25) is 5.91 Å². The van der Waals surface area contributed by atoms with Crippen molar-refractivity contribution in [2.24, 2.45) is 5.92 Å². The highest BCUT2D eigenvalue weighted by atomic mass is 35.5. The predicted octanol–water partition coefficient (Wildman–Crippen LogP) is 4.97. The number of hydrogen-bond donors (Lipinski definition) is 0. The smallest absolute Gasteiger partial charge is 0.233 e. The van der Waals surface area contributed by atoms with E-state index in [1.165, 1.54) is 11.8 Å². The SMILES string of the molecule is CC(C)CC(C)N(C)C(=O)CSc1nnc(-c2ccncc2)n1-c1ccc(Cl)cc1. The van der Waals surface area contributed by atoms with E-state index in [-0.39, 0.29) is 11.9 Å². The second-order valence-electron chi connectivity index (χ2n) is 7.63. The molecular weight excluding hydrogens is 418 g/mol. The lowest BCUT2D eigenvalue weighted by molar-refractivity contribution is -0.129. The summed E-state index contributed by atoms with van der Waals surface area (Å²) in [5.41, 5.74) is 1.78. The van der Waals surface area contributed by atoms with Crippen LogP contribution >= 0.6 is 23.4 Å². The number of halogens is 1. The number of thioether (sulfide) groups is 1. The van der Waals surface area contributed by atoms with Gasteiger partial charge in [-0.1, -0.05) is 37.2 Å². The Bertz CT molecular complexity index is 975. The molecule has 0 saturated carbocycles. The van der Waals surface area contributed by atoms with Crippen LogP contribution in [0.25, 0.3) is 17.1 Å². The molecular formula is C22H26ClN5OS. The molecule has 1 atom stereocenters. The van der Waals surface area contributed by atoms with Gasteiger partial charge in [0.05, 0.1) is 5.75 Å². The molecule has 0 spiro atoms. The third-order valence-corrected chi connectivity index (χ3v) is 6.01. The molecule has 6 nitrogen and oxygen atoms in total. The van der Waals surface area contributed by atoms with Crippen LogP contribution in [0.15, 0.2) is 53.9 Å². The summed E-state index contributed by atoms with van der Waals surface area (Å²) in [6.45, 7) is 6.41. The molecule has 30 heavy (non-hydrogen) atoms. The third kappa shape index (κ3) is 5.40. The lowest BCUT2D eigenvalue weighted by Crippen LogP contribution is -2.37. The Morgan fingerprint density at radius 1 is 1.10 bits per heavy atom. The summed E-state index contributed by atoms with van der Waals surface area (Å²) in [5, 5.41) is 10.1. The van der Waals surface area contributed by atoms with E-state index in [9.17, 15) is 4.79 Å². The average molecular weight is 444 g/mol. The highest BCUT2D eigenvalue weighted by molar-refractivity contribution is 7.99. The zero-order chi connectivity index (χ0) is 21.7. The second kappa shape index (κ2) is 10.1. The highest BCUT2D eigenvalue weighted by Crippen LogP contribution is 2.28. The van der Waals surface area contributed by atoms with Crippen LogP contribution in [0, 0.1) is 5.92 Å². The zero-order valence-electron chi connectivity index (χ0n) is 17.6. The van der Waals surface area contributed by atoms with E-state index >= 15 is 0 Å². The molecule has 0 aliphatic rings. The number of pyridine rings is 1. The van der Waals surface area contributed by atoms with Gasteiger partial charge in [0.1, 0.15) is 0 Å². The van der Waals surface area contributed by atoms with Gasteiger partial charge in [-0.3, -0.25) is 14.3 Å². The number of carbonyl (C=O) groups is 1. The first kappa shape index (κ1) is 22.3. The minimum Gasteiger partial charge on any atom is -0.342 e. The molecule has 1 aromatic carbocycles. The van der Waals surface area contributed by atoms with Crippen molar-refractivity contribution >= 4 is 29.3 Å². The molecule has 0 aliphatic carbocycles.